The fraction of sp³-hybridized carbons (Fsp3) is 0. The quantitative estimate of drug-likeness (QED) is 0.168. The largest absolute Gasteiger partial charge is 0.310 e. The van der Waals surface area contributed by atoms with Crippen LogP contribution in [0.4, 0.5) is 17.1 Å². The third-order valence-corrected chi connectivity index (χ3v) is 14.7. The number of rotatable bonds is 5. The summed E-state index contributed by atoms with van der Waals surface area (Å²) in [5.74, 6) is 0. The first-order chi connectivity index (χ1) is 29.7. The molecule has 0 N–H and O–H groups in total. The summed E-state index contributed by atoms with van der Waals surface area (Å²) in [6.07, 6.45) is 0. The van der Waals surface area contributed by atoms with Crippen molar-refractivity contribution in [3.05, 3.63) is 206 Å². The van der Waals surface area contributed by atoms with Crippen molar-refractivity contribution in [1.82, 2.24) is 4.57 Å². The Bertz CT molecular complexity index is 3850. The van der Waals surface area contributed by atoms with Crippen molar-refractivity contribution in [2.24, 2.45) is 0 Å². The zero-order valence-electron chi connectivity index (χ0n) is 32.3. The smallest absolute Gasteiger partial charge is 0.0554 e. The van der Waals surface area contributed by atoms with Crippen LogP contribution in [0.1, 0.15) is 0 Å². The van der Waals surface area contributed by atoms with Crippen LogP contribution in [-0.2, 0) is 0 Å². The van der Waals surface area contributed by atoms with E-state index in [-0.39, 0.29) is 0 Å². The van der Waals surface area contributed by atoms with Gasteiger partial charge in [0.05, 0.1) is 16.7 Å². The molecule has 3 aromatic heterocycles. The monoisotopic (exact) mass is 798 g/mol. The number of benzene rings is 10. The van der Waals surface area contributed by atoms with Crippen LogP contribution in [0.3, 0.4) is 0 Å². The van der Waals surface area contributed by atoms with Crippen molar-refractivity contribution in [3.63, 3.8) is 0 Å². The zero-order valence-corrected chi connectivity index (χ0v) is 34.0. The van der Waals surface area contributed by atoms with Crippen LogP contribution in [0.5, 0.6) is 0 Å². The molecule has 0 bridgehead atoms. The number of nitrogens with zero attached hydrogens (tertiary/aromatic N) is 2. The van der Waals surface area contributed by atoms with Gasteiger partial charge in [0, 0.05) is 73.7 Å². The maximum Gasteiger partial charge on any atom is 0.0554 e. The van der Waals surface area contributed by atoms with Gasteiger partial charge >= 0.3 is 0 Å². The van der Waals surface area contributed by atoms with Gasteiger partial charge in [0.15, 0.2) is 0 Å². The highest BCUT2D eigenvalue weighted by atomic mass is 32.1. The van der Waals surface area contributed by atoms with Crippen LogP contribution in [0.2, 0.25) is 0 Å². The molecular formula is C56H34N2S2. The van der Waals surface area contributed by atoms with E-state index in [1.807, 2.05) is 22.7 Å². The first-order valence-electron chi connectivity index (χ1n) is 20.4. The predicted octanol–water partition coefficient (Wildman–Crippen LogP) is 17.0. The Balaban J connectivity index is 1.04. The number of thiophene rings is 2. The molecule has 0 unspecified atom stereocenters. The molecular weight excluding hydrogens is 765 g/mol. The highest BCUT2D eigenvalue weighted by Crippen LogP contribution is 2.47. The van der Waals surface area contributed by atoms with Gasteiger partial charge < -0.3 is 9.47 Å². The fourth-order valence-electron chi connectivity index (χ4n) is 9.56. The zero-order chi connectivity index (χ0) is 39.3. The van der Waals surface area contributed by atoms with E-state index in [0.717, 1.165) is 11.4 Å². The Morgan fingerprint density at radius 2 is 1.00 bits per heavy atom. The first-order valence-corrected chi connectivity index (χ1v) is 22.0. The first kappa shape index (κ1) is 33.7. The van der Waals surface area contributed by atoms with E-state index in [2.05, 4.69) is 216 Å². The van der Waals surface area contributed by atoms with Gasteiger partial charge in [-0.1, -0.05) is 127 Å². The van der Waals surface area contributed by atoms with Crippen molar-refractivity contribution < 1.29 is 0 Å². The number of para-hydroxylation sites is 1. The van der Waals surface area contributed by atoms with E-state index < -0.39 is 0 Å². The van der Waals surface area contributed by atoms with Crippen molar-refractivity contribution in [3.8, 4) is 16.8 Å². The molecule has 0 saturated heterocycles. The number of hydrogen-bond donors (Lipinski definition) is 0. The average Bonchev–Trinajstić information content (AvgIpc) is 3.98. The van der Waals surface area contributed by atoms with Gasteiger partial charge in [-0.05, 0) is 106 Å². The molecule has 4 heteroatoms. The second-order valence-corrected chi connectivity index (χ2v) is 17.8. The average molecular weight is 799 g/mol. The van der Waals surface area contributed by atoms with E-state index in [1.165, 1.54) is 106 Å². The van der Waals surface area contributed by atoms with E-state index in [4.69, 9.17) is 0 Å². The molecule has 0 saturated carbocycles. The highest BCUT2D eigenvalue weighted by Gasteiger charge is 2.21. The number of hydrogen-bond acceptors (Lipinski definition) is 3. The lowest BCUT2D eigenvalue weighted by atomic mass is 10.00. The lowest BCUT2D eigenvalue weighted by molar-refractivity contribution is 1.19. The Morgan fingerprint density at radius 1 is 0.367 bits per heavy atom. The standard InChI is InChI=1S/C56H34N2S2/c1-2-13-37-30-41(29-24-35(37)12-1)57(50-20-11-23-54-55(50)45-18-7-10-22-53(45)59-54)40-27-25-36(26-28-40)46-33-42(34-48-44-17-6-9-21-52(44)60-56(46)48)58-49-19-8-5-16-43(49)47-31-38-14-3-4-15-39(38)32-51(47)58/h1-34H. The van der Waals surface area contributed by atoms with E-state index in [9.17, 15) is 0 Å². The summed E-state index contributed by atoms with van der Waals surface area (Å²) in [7, 11) is 0. The molecule has 10 aromatic carbocycles. The summed E-state index contributed by atoms with van der Waals surface area (Å²) in [4.78, 5) is 2.45. The molecule has 0 aliphatic heterocycles. The number of anilines is 3. The molecule has 2 nitrogen and oxygen atoms in total. The normalized spacial score (nSPS) is 12.0. The molecule has 0 fully saturated rings. The summed E-state index contributed by atoms with van der Waals surface area (Å²) in [5.41, 5.74) is 9.47. The second-order valence-electron chi connectivity index (χ2n) is 15.7. The van der Waals surface area contributed by atoms with E-state index in [1.54, 1.807) is 0 Å². The topological polar surface area (TPSA) is 8.17 Å². The minimum atomic E-state index is 1.12. The Kier molecular flexibility index (Phi) is 7.38. The molecule has 60 heavy (non-hydrogen) atoms. The SMILES string of the molecule is c1ccc2cc(N(c3ccc(-c4cc(-n5c6ccccc6c6cc7ccccc7cc65)cc5c4sc4ccccc45)cc3)c3cccc4sc5ccccc5c34)ccc2c1. The molecule has 280 valence electrons. The number of fused-ring (bicyclic) bond motifs is 11. The van der Waals surface area contributed by atoms with E-state index >= 15 is 0 Å². The van der Waals surface area contributed by atoms with Gasteiger partial charge in [0.2, 0.25) is 0 Å². The second kappa shape index (κ2) is 13.1. The summed E-state index contributed by atoms with van der Waals surface area (Å²) in [6.45, 7) is 0. The Labute approximate surface area is 354 Å². The van der Waals surface area contributed by atoms with Crippen LogP contribution < -0.4 is 4.90 Å². The minimum Gasteiger partial charge on any atom is -0.310 e. The molecule has 0 aliphatic carbocycles. The minimum absolute atomic E-state index is 1.12. The van der Waals surface area contributed by atoms with Crippen molar-refractivity contribution in [2.45, 2.75) is 0 Å². The summed E-state index contributed by atoms with van der Waals surface area (Å²) in [5, 5.41) is 12.7. The molecule has 0 aliphatic rings. The van der Waals surface area contributed by atoms with Gasteiger partial charge in [-0.25, -0.2) is 0 Å². The maximum absolute atomic E-state index is 2.48. The molecule has 0 radical (unpaired) electrons. The summed E-state index contributed by atoms with van der Waals surface area (Å²) < 4.78 is 7.68. The van der Waals surface area contributed by atoms with Gasteiger partial charge in [-0.2, -0.15) is 0 Å². The Morgan fingerprint density at radius 3 is 1.82 bits per heavy atom. The van der Waals surface area contributed by atoms with Crippen molar-refractivity contribution in [2.75, 3.05) is 4.90 Å². The third kappa shape index (κ3) is 5.11. The van der Waals surface area contributed by atoms with Crippen LogP contribution in [0.25, 0.3) is 101 Å². The van der Waals surface area contributed by atoms with Crippen LogP contribution >= 0.6 is 22.7 Å². The summed E-state index contributed by atoms with van der Waals surface area (Å²) in [6, 6.07) is 76.3. The molecule has 0 atom stereocenters. The lowest BCUT2D eigenvalue weighted by Gasteiger charge is -2.27. The van der Waals surface area contributed by atoms with Gasteiger partial charge in [0.25, 0.3) is 0 Å². The summed E-state index contributed by atoms with van der Waals surface area (Å²) >= 11 is 3.75. The van der Waals surface area contributed by atoms with Crippen LogP contribution in [0, 0.1) is 0 Å². The van der Waals surface area contributed by atoms with Crippen molar-refractivity contribution in [1.29, 1.82) is 0 Å². The third-order valence-electron chi connectivity index (χ3n) is 12.3. The molecule has 0 amide bonds. The van der Waals surface area contributed by atoms with Gasteiger partial charge in [-0.15, -0.1) is 22.7 Å². The van der Waals surface area contributed by atoms with Gasteiger partial charge in [-0.3, -0.25) is 0 Å². The van der Waals surface area contributed by atoms with Gasteiger partial charge in [0.1, 0.15) is 0 Å². The van der Waals surface area contributed by atoms with E-state index in [0.29, 0.717) is 0 Å². The molecule has 13 rings (SSSR count). The lowest BCUT2D eigenvalue weighted by Crippen LogP contribution is -2.10. The molecule has 3 heterocycles. The highest BCUT2D eigenvalue weighted by molar-refractivity contribution is 7.26. The predicted molar refractivity (Wildman–Crippen MR) is 262 cm³/mol. The van der Waals surface area contributed by atoms with Crippen molar-refractivity contribution >= 4 is 123 Å². The number of aromatic nitrogens is 1. The van der Waals surface area contributed by atoms with Crippen LogP contribution in [-0.4, -0.2) is 4.57 Å². The van der Waals surface area contributed by atoms with Crippen LogP contribution in [0.15, 0.2) is 206 Å². The fourth-order valence-corrected chi connectivity index (χ4v) is 11.9. The molecule has 13 aromatic rings. The maximum atomic E-state index is 2.48. The Hall–Kier alpha value is -7.24. The molecule has 0 spiro atoms.